The number of ether oxygens (including phenoxy) is 1. The van der Waals surface area contributed by atoms with Crippen LogP contribution in [0.3, 0.4) is 0 Å². The monoisotopic (exact) mass is 504 g/mol. The number of fused-ring (bicyclic) bond motifs is 1. The smallest absolute Gasteiger partial charge is 0.649 e. The molecule has 0 radical (unpaired) electrons. The van der Waals surface area contributed by atoms with Gasteiger partial charge in [-0.1, -0.05) is 47.5 Å². The Morgan fingerprint density at radius 2 is 1.52 bits per heavy atom. The van der Waals surface area contributed by atoms with Gasteiger partial charge in [-0.15, -0.1) is 17.9 Å². The van der Waals surface area contributed by atoms with Gasteiger partial charge in [0.2, 0.25) is 0 Å². The molecule has 0 bridgehead atoms. The van der Waals surface area contributed by atoms with Gasteiger partial charge in [-0.3, -0.25) is 10.7 Å². The van der Waals surface area contributed by atoms with Crippen LogP contribution in [0.15, 0.2) is 42.5 Å². The largest absolute Gasteiger partial charge is 2.00 e. The molecule has 3 nitrogen and oxygen atoms in total. The number of nitrogens with zero attached hydrogens (tertiary/aromatic N) is 1. The minimum Gasteiger partial charge on any atom is -0.649 e. The van der Waals surface area contributed by atoms with Crippen molar-refractivity contribution < 1.29 is 26.0 Å². The molecular formula is C25H37NNiO2PS+. The van der Waals surface area contributed by atoms with E-state index < -0.39 is 7.92 Å². The molecule has 0 aliphatic rings. The van der Waals surface area contributed by atoms with Gasteiger partial charge in [-0.25, -0.2) is 0 Å². The summed E-state index contributed by atoms with van der Waals surface area (Å²) in [6.45, 7) is 17.5. The molecule has 0 spiro atoms. The molecule has 0 saturated carbocycles. The van der Waals surface area contributed by atoms with Crippen LogP contribution in [0.5, 0.6) is 0 Å². The van der Waals surface area contributed by atoms with Crippen LogP contribution in [0, 0.1) is 5.92 Å². The topological polar surface area (TPSA) is 40.4 Å². The van der Waals surface area contributed by atoms with E-state index >= 15 is 0 Å². The zero-order valence-electron chi connectivity index (χ0n) is 20.2. The molecule has 31 heavy (non-hydrogen) atoms. The summed E-state index contributed by atoms with van der Waals surface area (Å²) in [5, 5.41) is 7.82. The van der Waals surface area contributed by atoms with Gasteiger partial charge in [0.15, 0.2) is 5.97 Å². The van der Waals surface area contributed by atoms with E-state index in [1.807, 2.05) is 0 Å². The van der Waals surface area contributed by atoms with Gasteiger partial charge in [0, 0.05) is 7.92 Å². The Hall–Kier alpha value is -1.15. The predicted octanol–water partition coefficient (Wildman–Crippen LogP) is 7.75. The third kappa shape index (κ3) is 9.90. The fraction of sp³-hybridized carbons (Fsp3) is 0.480. The van der Waals surface area contributed by atoms with Gasteiger partial charge >= 0.3 is 16.5 Å². The van der Waals surface area contributed by atoms with Crippen molar-refractivity contribution >= 4 is 47.6 Å². The van der Waals surface area contributed by atoms with E-state index in [9.17, 15) is 4.79 Å². The van der Waals surface area contributed by atoms with Crippen molar-refractivity contribution in [1.29, 1.82) is 0 Å². The maximum Gasteiger partial charge on any atom is 2.00 e. The number of thiocarbonyl (C=S) groups is 1. The predicted molar refractivity (Wildman–Crippen MR) is 139 cm³/mol. The molecule has 0 N–H and O–H groups in total. The number of hydrogen-bond donors (Lipinski definition) is 0. The quantitative estimate of drug-likeness (QED) is 0.140. The van der Waals surface area contributed by atoms with E-state index in [0.717, 1.165) is 16.8 Å². The average molecular weight is 505 g/mol. The Morgan fingerprint density at radius 1 is 1.00 bits per heavy atom. The number of carbonyl (C=O) groups excluding carboxylic acids is 1. The second-order valence-corrected chi connectivity index (χ2v) is 14.4. The Balaban J connectivity index is 0.000000975. The molecule has 0 atom stereocenters. The maximum absolute atomic E-state index is 10.3. The number of hydrogen-bond acceptors (Lipinski definition) is 3. The fourth-order valence-electron chi connectivity index (χ4n) is 3.49. The molecular weight excluding hydrogens is 468 g/mol. The molecule has 2 rings (SSSR count). The average Bonchev–Trinajstić information content (AvgIpc) is 2.64. The summed E-state index contributed by atoms with van der Waals surface area (Å²) in [6, 6.07) is 14.6. The van der Waals surface area contributed by atoms with Crippen LogP contribution in [0.25, 0.3) is 16.1 Å². The van der Waals surface area contributed by atoms with Gasteiger partial charge in [0.05, 0.1) is 23.6 Å². The van der Waals surface area contributed by atoms with Gasteiger partial charge in [0.25, 0.3) is 0 Å². The van der Waals surface area contributed by atoms with Crippen molar-refractivity contribution in [3.63, 3.8) is 0 Å². The van der Waals surface area contributed by atoms with E-state index in [4.69, 9.17) is 17.5 Å². The first-order valence-corrected chi connectivity index (χ1v) is 12.4. The van der Waals surface area contributed by atoms with Crippen molar-refractivity contribution in [2.24, 2.45) is 0 Å². The summed E-state index contributed by atoms with van der Waals surface area (Å²) >= 11 is 5.67. The third-order valence-electron chi connectivity index (χ3n) is 4.74. The molecule has 174 valence electrons. The SMILES string of the molecule is CC(C)(C)[PH+](CC(=S)[N-]c1cccc2ccccc12)C(C)(C)C.COC(=O)[C-](C)C.[Ni+2]. The third-order valence-corrected chi connectivity index (χ3v) is 9.55. The normalized spacial score (nSPS) is 11.2. The molecule has 0 heterocycles. The summed E-state index contributed by atoms with van der Waals surface area (Å²) in [4.78, 5) is 11.1. The van der Waals surface area contributed by atoms with Crippen LogP contribution in [0.4, 0.5) is 5.69 Å². The molecule has 0 fully saturated rings. The van der Waals surface area contributed by atoms with Crippen molar-refractivity contribution in [3.8, 4) is 0 Å². The molecule has 2 aromatic rings. The van der Waals surface area contributed by atoms with E-state index in [-0.39, 0.29) is 22.5 Å². The van der Waals surface area contributed by atoms with Crippen molar-refractivity contribution in [2.75, 3.05) is 13.3 Å². The van der Waals surface area contributed by atoms with Crippen LogP contribution in [0.2, 0.25) is 0 Å². The summed E-state index contributed by atoms with van der Waals surface area (Å²) in [6.07, 6.45) is 0.955. The molecule has 0 aliphatic heterocycles. The van der Waals surface area contributed by atoms with Crippen LogP contribution < -0.4 is 0 Å². The first-order valence-electron chi connectivity index (χ1n) is 10.2. The molecule has 0 amide bonds. The number of benzene rings is 2. The van der Waals surface area contributed by atoms with Gasteiger partial charge in [-0.2, -0.15) is 13.8 Å². The Morgan fingerprint density at radius 3 is 1.97 bits per heavy atom. The van der Waals surface area contributed by atoms with Gasteiger partial charge in [0.1, 0.15) is 0 Å². The second-order valence-electron chi connectivity index (χ2n) is 9.65. The summed E-state index contributed by atoms with van der Waals surface area (Å²) in [5.74, 6) is 0.447. The van der Waals surface area contributed by atoms with Crippen LogP contribution >= 0.6 is 20.1 Å². The maximum atomic E-state index is 10.3. The number of methoxy groups -OCH3 is 1. The minimum atomic E-state index is -0.682. The van der Waals surface area contributed by atoms with Crippen LogP contribution in [-0.4, -0.2) is 34.5 Å². The molecule has 2 aromatic carbocycles. The zero-order chi connectivity index (χ0) is 23.1. The summed E-state index contributed by atoms with van der Waals surface area (Å²) < 4.78 is 4.34. The second kappa shape index (κ2) is 12.8. The number of esters is 1. The Labute approximate surface area is 205 Å². The molecule has 0 saturated heterocycles. The Bertz CT molecular complexity index is 837. The summed E-state index contributed by atoms with van der Waals surface area (Å²) in [7, 11) is 0.689. The molecule has 0 aromatic heterocycles. The number of carbonyl (C=O) groups is 1. The van der Waals surface area contributed by atoms with Gasteiger partial charge < -0.3 is 10.1 Å². The van der Waals surface area contributed by atoms with E-state index in [1.165, 1.54) is 17.9 Å². The van der Waals surface area contributed by atoms with Crippen molar-refractivity contribution in [1.82, 2.24) is 0 Å². The summed E-state index contributed by atoms with van der Waals surface area (Å²) in [5.41, 5.74) is 0.997. The first-order chi connectivity index (χ1) is 13.8. The van der Waals surface area contributed by atoms with Gasteiger partial charge in [-0.05, 0) is 52.3 Å². The minimum absolute atomic E-state index is 0. The Kier molecular flexibility index (Phi) is 12.3. The van der Waals surface area contributed by atoms with Crippen molar-refractivity contribution in [2.45, 2.75) is 65.7 Å². The molecule has 0 aliphatic carbocycles. The molecule has 0 unspecified atom stereocenters. The van der Waals surface area contributed by atoms with E-state index in [1.54, 1.807) is 13.8 Å². The fourth-order valence-corrected chi connectivity index (χ4v) is 7.71. The van der Waals surface area contributed by atoms with Crippen LogP contribution in [0.1, 0.15) is 55.4 Å². The first kappa shape index (κ1) is 29.9. The van der Waals surface area contributed by atoms with Crippen molar-refractivity contribution in [3.05, 3.63) is 53.7 Å². The van der Waals surface area contributed by atoms with E-state index in [2.05, 4.69) is 88.7 Å². The molecule has 6 heteroatoms. The number of rotatable bonds is 4. The van der Waals surface area contributed by atoms with Crippen LogP contribution in [-0.2, 0) is 26.0 Å². The standard InChI is InChI=1S/C20H28NPS.C5H9O2.Ni/c1-19(2,3)22(20(4,5)6)14-18(23)21-17-13-9-11-15-10-7-8-12-16(15)17;1-4(2)5(6)7-3;/h7-13H,14H2,1-6H3,(H,21,23);1-3H3;/q;-1;+2. The zero-order valence-corrected chi connectivity index (χ0v) is 23.0. The van der Waals surface area contributed by atoms with E-state index in [0.29, 0.717) is 16.2 Å².